The first-order valence-electron chi connectivity index (χ1n) is 11.9. The van der Waals surface area contributed by atoms with E-state index in [1.807, 2.05) is 36.4 Å². The first kappa shape index (κ1) is 26.1. The Morgan fingerprint density at radius 1 is 0.946 bits per heavy atom. The number of para-hydroxylation sites is 1. The Morgan fingerprint density at radius 3 is 2.35 bits per heavy atom. The fourth-order valence-corrected chi connectivity index (χ4v) is 3.90. The maximum Gasteiger partial charge on any atom is 0.231 e. The number of aliphatic hydroxyl groups excluding tert-OH is 1. The number of imidazole rings is 1. The number of aliphatic hydroxyl groups is 1. The summed E-state index contributed by atoms with van der Waals surface area (Å²) in [7, 11) is 0. The van der Waals surface area contributed by atoms with Gasteiger partial charge in [0, 0.05) is 43.0 Å². The van der Waals surface area contributed by atoms with Crippen LogP contribution in [-0.2, 0) is 24.2 Å². The standard InChI is InChI=1S/C28H27F3N4O2/c29-23-14-25(31)24(30)13-20(23)17-35-18-22(11-12-32-16-26(36)19-7-3-1-4-8-19)33-27(35)15-28(37)34-21-9-5-2-6-10-21/h1-10,13-14,18,26,32,36H,11-12,15-17H2,(H,34,37)/t26-/m0/s1. The highest BCUT2D eigenvalue weighted by Gasteiger charge is 2.16. The number of benzene rings is 3. The van der Waals surface area contributed by atoms with Crippen LogP contribution in [-0.4, -0.2) is 33.7 Å². The van der Waals surface area contributed by atoms with Gasteiger partial charge in [0.15, 0.2) is 11.6 Å². The first-order valence-corrected chi connectivity index (χ1v) is 11.9. The van der Waals surface area contributed by atoms with E-state index in [1.165, 1.54) is 0 Å². The van der Waals surface area contributed by atoms with E-state index < -0.39 is 23.6 Å². The first-order chi connectivity index (χ1) is 17.9. The number of nitrogens with zero attached hydrogens (tertiary/aromatic N) is 2. The van der Waals surface area contributed by atoms with Gasteiger partial charge < -0.3 is 20.3 Å². The summed E-state index contributed by atoms with van der Waals surface area (Å²) in [6.45, 7) is 0.720. The zero-order chi connectivity index (χ0) is 26.2. The highest BCUT2D eigenvalue weighted by Crippen LogP contribution is 2.17. The number of hydrogen-bond donors (Lipinski definition) is 3. The third kappa shape index (κ3) is 7.28. The van der Waals surface area contributed by atoms with Gasteiger partial charge >= 0.3 is 0 Å². The van der Waals surface area contributed by atoms with Crippen LogP contribution in [0.3, 0.4) is 0 Å². The third-order valence-corrected chi connectivity index (χ3v) is 5.80. The number of halogens is 3. The fourth-order valence-electron chi connectivity index (χ4n) is 3.90. The molecule has 1 heterocycles. The van der Waals surface area contributed by atoms with E-state index in [2.05, 4.69) is 15.6 Å². The number of anilines is 1. The summed E-state index contributed by atoms with van der Waals surface area (Å²) in [5.74, 6) is -3.26. The molecule has 6 nitrogen and oxygen atoms in total. The van der Waals surface area contributed by atoms with Gasteiger partial charge in [0.25, 0.3) is 0 Å². The molecule has 0 bridgehead atoms. The molecule has 0 radical (unpaired) electrons. The van der Waals surface area contributed by atoms with Crippen molar-refractivity contribution in [2.75, 3.05) is 18.4 Å². The van der Waals surface area contributed by atoms with Crippen molar-refractivity contribution in [3.05, 3.63) is 119 Å². The molecule has 0 aliphatic heterocycles. The molecule has 1 aromatic heterocycles. The molecule has 0 aliphatic rings. The summed E-state index contributed by atoms with van der Waals surface area (Å²) in [5, 5.41) is 16.3. The van der Waals surface area contributed by atoms with Crippen LogP contribution in [0.15, 0.2) is 79.0 Å². The number of carbonyl (C=O) groups is 1. The largest absolute Gasteiger partial charge is 0.387 e. The Balaban J connectivity index is 1.45. The molecular weight excluding hydrogens is 481 g/mol. The Bertz CT molecular complexity index is 1330. The molecule has 0 saturated heterocycles. The Labute approximate surface area is 212 Å². The van der Waals surface area contributed by atoms with Gasteiger partial charge in [0.2, 0.25) is 5.91 Å². The van der Waals surface area contributed by atoms with Gasteiger partial charge in [-0.05, 0) is 23.8 Å². The van der Waals surface area contributed by atoms with Crippen molar-refractivity contribution in [3.8, 4) is 0 Å². The van der Waals surface area contributed by atoms with E-state index in [-0.39, 0.29) is 24.4 Å². The van der Waals surface area contributed by atoms with Gasteiger partial charge in [0.1, 0.15) is 11.6 Å². The number of rotatable bonds is 11. The Morgan fingerprint density at radius 2 is 1.62 bits per heavy atom. The second kappa shape index (κ2) is 12.3. The molecule has 1 atom stereocenters. The average Bonchev–Trinajstić information content (AvgIpc) is 3.26. The smallest absolute Gasteiger partial charge is 0.231 e. The highest BCUT2D eigenvalue weighted by atomic mass is 19.2. The van der Waals surface area contributed by atoms with Gasteiger partial charge in [-0.3, -0.25) is 4.79 Å². The fraction of sp³-hybridized carbons (Fsp3) is 0.214. The summed E-state index contributed by atoms with van der Waals surface area (Å²) in [4.78, 5) is 17.2. The molecule has 0 unspecified atom stereocenters. The second-order valence-electron chi connectivity index (χ2n) is 8.61. The summed E-state index contributed by atoms with van der Waals surface area (Å²) < 4.78 is 43.0. The molecule has 4 rings (SSSR count). The van der Waals surface area contributed by atoms with E-state index in [1.54, 1.807) is 35.0 Å². The SMILES string of the molecule is O=C(Cc1nc(CCNC[C@H](O)c2ccccc2)cn1Cc1cc(F)c(F)cc1F)Nc1ccccc1. The lowest BCUT2D eigenvalue weighted by Crippen LogP contribution is -2.23. The van der Waals surface area contributed by atoms with Crippen molar-refractivity contribution in [1.82, 2.24) is 14.9 Å². The van der Waals surface area contributed by atoms with Crippen LogP contribution in [0.2, 0.25) is 0 Å². The molecule has 9 heteroatoms. The Kier molecular flexibility index (Phi) is 8.71. The van der Waals surface area contributed by atoms with Crippen LogP contribution in [0, 0.1) is 17.5 Å². The monoisotopic (exact) mass is 508 g/mol. The molecule has 0 saturated carbocycles. The summed E-state index contributed by atoms with van der Waals surface area (Å²) in [6, 6.07) is 19.5. The van der Waals surface area contributed by atoms with Gasteiger partial charge in [-0.25, -0.2) is 18.2 Å². The van der Waals surface area contributed by atoms with Crippen LogP contribution in [0.5, 0.6) is 0 Å². The van der Waals surface area contributed by atoms with Crippen LogP contribution in [0.1, 0.15) is 28.7 Å². The van der Waals surface area contributed by atoms with Crippen molar-refractivity contribution < 1.29 is 23.1 Å². The van der Waals surface area contributed by atoms with Crippen molar-refractivity contribution >= 4 is 11.6 Å². The van der Waals surface area contributed by atoms with Gasteiger partial charge in [0.05, 0.1) is 24.8 Å². The molecule has 0 fully saturated rings. The molecule has 0 spiro atoms. The van der Waals surface area contributed by atoms with E-state index in [0.717, 1.165) is 11.6 Å². The maximum absolute atomic E-state index is 14.3. The number of nitrogens with one attached hydrogen (secondary N) is 2. The number of hydrogen-bond acceptors (Lipinski definition) is 4. The summed E-state index contributed by atoms with van der Waals surface area (Å²) in [5.41, 5.74) is 2.00. The third-order valence-electron chi connectivity index (χ3n) is 5.80. The molecule has 4 aromatic rings. The summed E-state index contributed by atoms with van der Waals surface area (Å²) in [6.07, 6.45) is 1.39. The highest BCUT2D eigenvalue weighted by molar-refractivity contribution is 5.91. The topological polar surface area (TPSA) is 79.2 Å². The van der Waals surface area contributed by atoms with Crippen LogP contribution >= 0.6 is 0 Å². The maximum atomic E-state index is 14.3. The van der Waals surface area contributed by atoms with Crippen LogP contribution < -0.4 is 10.6 Å². The van der Waals surface area contributed by atoms with Gasteiger partial charge in [-0.1, -0.05) is 48.5 Å². The van der Waals surface area contributed by atoms with E-state index >= 15 is 0 Å². The van der Waals surface area contributed by atoms with Gasteiger partial charge in [-0.2, -0.15) is 0 Å². The Hall–Kier alpha value is -3.95. The zero-order valence-corrected chi connectivity index (χ0v) is 20.0. The van der Waals surface area contributed by atoms with E-state index in [9.17, 15) is 23.1 Å². The van der Waals surface area contributed by atoms with Gasteiger partial charge in [-0.15, -0.1) is 0 Å². The minimum atomic E-state index is -1.27. The number of carbonyl (C=O) groups excluding carboxylic acids is 1. The van der Waals surface area contributed by atoms with Crippen LogP contribution in [0.25, 0.3) is 0 Å². The molecular formula is C28H27F3N4O2. The van der Waals surface area contributed by atoms with Crippen molar-refractivity contribution in [2.24, 2.45) is 0 Å². The molecule has 37 heavy (non-hydrogen) atoms. The predicted octanol–water partition coefficient (Wildman–Crippen LogP) is 4.40. The van der Waals surface area contributed by atoms with Crippen LogP contribution in [0.4, 0.5) is 18.9 Å². The lowest BCUT2D eigenvalue weighted by atomic mass is 10.1. The quantitative estimate of drug-likeness (QED) is 0.207. The minimum Gasteiger partial charge on any atom is -0.387 e. The normalized spacial score (nSPS) is 11.9. The molecule has 3 N–H and O–H groups in total. The molecule has 0 aliphatic carbocycles. The predicted molar refractivity (Wildman–Crippen MR) is 134 cm³/mol. The molecule has 1 amide bonds. The lowest BCUT2D eigenvalue weighted by Gasteiger charge is -2.11. The molecule has 3 aromatic carbocycles. The molecule has 192 valence electrons. The second-order valence-corrected chi connectivity index (χ2v) is 8.61. The van der Waals surface area contributed by atoms with Crippen molar-refractivity contribution in [2.45, 2.75) is 25.5 Å². The average molecular weight is 509 g/mol. The van der Waals surface area contributed by atoms with Crippen molar-refractivity contribution in [1.29, 1.82) is 0 Å². The lowest BCUT2D eigenvalue weighted by molar-refractivity contribution is -0.115. The minimum absolute atomic E-state index is 0.0586. The number of aromatic nitrogens is 2. The zero-order valence-electron chi connectivity index (χ0n) is 20.0. The van der Waals surface area contributed by atoms with E-state index in [4.69, 9.17) is 0 Å². The van der Waals surface area contributed by atoms with E-state index in [0.29, 0.717) is 42.8 Å². The number of amides is 1. The van der Waals surface area contributed by atoms with Crippen molar-refractivity contribution in [3.63, 3.8) is 0 Å². The summed E-state index contributed by atoms with van der Waals surface area (Å²) >= 11 is 0.